The Bertz CT molecular complexity index is 605. The highest BCUT2D eigenvalue weighted by molar-refractivity contribution is 9.10. The van der Waals surface area contributed by atoms with Crippen molar-refractivity contribution in [3.8, 4) is 0 Å². The lowest BCUT2D eigenvalue weighted by Crippen LogP contribution is -2.31. The maximum atomic E-state index is 12.8. The third kappa shape index (κ3) is 6.42. The van der Waals surface area contributed by atoms with E-state index in [4.69, 9.17) is 9.47 Å². The van der Waals surface area contributed by atoms with Crippen molar-refractivity contribution < 1.29 is 19.1 Å². The van der Waals surface area contributed by atoms with Crippen LogP contribution in [0.5, 0.6) is 0 Å². The van der Waals surface area contributed by atoms with Crippen LogP contribution in [0.15, 0.2) is 16.6 Å². The lowest BCUT2D eigenvalue weighted by molar-refractivity contribution is -0.00956. The lowest BCUT2D eigenvalue weighted by Gasteiger charge is -2.27. The molecule has 0 atom stereocenters. The fourth-order valence-corrected chi connectivity index (χ4v) is 3.28. The normalized spacial score (nSPS) is 12.0. The van der Waals surface area contributed by atoms with Crippen LogP contribution in [-0.2, 0) is 9.47 Å². The number of aryl methyl sites for hydroxylation is 1. The Morgan fingerprint density at radius 2 is 1.27 bits per heavy atom. The molecule has 1 aromatic rings. The van der Waals surface area contributed by atoms with E-state index < -0.39 is 23.1 Å². The minimum Gasteiger partial charge on any atom is -0.456 e. The zero-order valence-electron chi connectivity index (χ0n) is 17.0. The van der Waals surface area contributed by atoms with Crippen molar-refractivity contribution in [2.75, 3.05) is 0 Å². The highest BCUT2D eigenvalue weighted by Gasteiger charge is 2.29. The van der Waals surface area contributed by atoms with Crippen LogP contribution in [0.4, 0.5) is 0 Å². The summed E-state index contributed by atoms with van der Waals surface area (Å²) in [5.74, 6) is -1.01. The third-order valence-corrected chi connectivity index (χ3v) is 5.04. The molecule has 0 heterocycles. The van der Waals surface area contributed by atoms with Gasteiger partial charge in [0.1, 0.15) is 11.2 Å². The molecule has 0 fully saturated rings. The van der Waals surface area contributed by atoms with Gasteiger partial charge in [0.15, 0.2) is 0 Å². The number of carbonyl (C=O) groups is 2. The molecule has 0 saturated heterocycles. The Balaban J connectivity index is 3.22. The van der Waals surface area contributed by atoms with Gasteiger partial charge >= 0.3 is 11.9 Å². The molecule has 0 aliphatic heterocycles. The van der Waals surface area contributed by atoms with Gasteiger partial charge in [0.05, 0.1) is 11.1 Å². The zero-order chi connectivity index (χ0) is 20.1. The molecular weight excluding hydrogens is 396 g/mol. The average molecular weight is 427 g/mol. The van der Waals surface area contributed by atoms with Crippen molar-refractivity contribution in [1.29, 1.82) is 0 Å². The number of halogens is 1. The Hall–Kier alpha value is -1.36. The standard InChI is InChI=1S/C21H31BrO4/c1-8-10-20(4,5)25-18(23)15-12-14(3)17(22)13-16(15)19(24)26-21(6,7)11-9-2/h12-13H,8-11H2,1-7H3. The Labute approximate surface area is 165 Å². The van der Waals surface area contributed by atoms with E-state index in [1.165, 1.54) is 0 Å². The van der Waals surface area contributed by atoms with E-state index in [1.807, 2.05) is 48.5 Å². The first-order valence-corrected chi connectivity index (χ1v) is 9.98. The number of hydrogen-bond donors (Lipinski definition) is 0. The second-order valence-corrected chi connectivity index (χ2v) is 8.80. The zero-order valence-corrected chi connectivity index (χ0v) is 18.6. The molecule has 0 spiro atoms. The minimum atomic E-state index is -0.591. The molecule has 0 radical (unpaired) electrons. The molecule has 4 nitrogen and oxygen atoms in total. The van der Waals surface area contributed by atoms with Gasteiger partial charge in [-0.3, -0.25) is 0 Å². The number of esters is 2. The molecule has 1 aromatic carbocycles. The van der Waals surface area contributed by atoms with E-state index >= 15 is 0 Å². The Kier molecular flexibility index (Phi) is 7.87. The predicted octanol–water partition coefficient (Wildman–Crippen LogP) is 6.23. The summed E-state index contributed by atoms with van der Waals surface area (Å²) in [5, 5.41) is 0. The molecule has 0 amide bonds. The molecule has 5 heteroatoms. The summed E-state index contributed by atoms with van der Waals surface area (Å²) in [6, 6.07) is 3.32. The maximum Gasteiger partial charge on any atom is 0.339 e. The van der Waals surface area contributed by atoms with Crippen LogP contribution in [-0.4, -0.2) is 23.1 Å². The molecule has 0 aliphatic rings. The van der Waals surface area contributed by atoms with E-state index in [1.54, 1.807) is 12.1 Å². The van der Waals surface area contributed by atoms with Crippen LogP contribution < -0.4 is 0 Å². The molecule has 1 rings (SSSR count). The monoisotopic (exact) mass is 426 g/mol. The van der Waals surface area contributed by atoms with Crippen LogP contribution >= 0.6 is 15.9 Å². The largest absolute Gasteiger partial charge is 0.456 e. The maximum absolute atomic E-state index is 12.8. The minimum absolute atomic E-state index is 0.226. The summed E-state index contributed by atoms with van der Waals surface area (Å²) in [7, 11) is 0. The van der Waals surface area contributed by atoms with Crippen molar-refractivity contribution in [3.63, 3.8) is 0 Å². The second-order valence-electron chi connectivity index (χ2n) is 7.95. The van der Waals surface area contributed by atoms with Crippen LogP contribution in [0.2, 0.25) is 0 Å². The van der Waals surface area contributed by atoms with Gasteiger partial charge in [-0.1, -0.05) is 42.6 Å². The molecule has 0 saturated carbocycles. The van der Waals surface area contributed by atoms with Crippen molar-refractivity contribution in [2.24, 2.45) is 0 Å². The van der Waals surface area contributed by atoms with Crippen LogP contribution in [0.3, 0.4) is 0 Å². The third-order valence-electron chi connectivity index (χ3n) is 4.18. The first-order chi connectivity index (χ1) is 11.9. The quantitative estimate of drug-likeness (QED) is 0.462. The second kappa shape index (κ2) is 9.03. The Morgan fingerprint density at radius 1 is 0.885 bits per heavy atom. The first kappa shape index (κ1) is 22.7. The van der Waals surface area contributed by atoms with E-state index in [2.05, 4.69) is 15.9 Å². The molecule has 0 N–H and O–H groups in total. The van der Waals surface area contributed by atoms with Crippen molar-refractivity contribution in [2.45, 2.75) is 85.4 Å². The molecule has 0 unspecified atom stereocenters. The van der Waals surface area contributed by atoms with Gasteiger partial charge in [-0.05, 0) is 65.2 Å². The SMILES string of the molecule is CCCC(C)(C)OC(=O)c1cc(C)c(Br)cc1C(=O)OC(C)(C)CCC. The summed E-state index contributed by atoms with van der Waals surface area (Å²) in [4.78, 5) is 25.5. The fourth-order valence-electron chi connectivity index (χ4n) is 2.94. The van der Waals surface area contributed by atoms with Gasteiger partial charge in [-0.15, -0.1) is 0 Å². The summed E-state index contributed by atoms with van der Waals surface area (Å²) in [5.41, 5.74) is 0.146. The smallest absolute Gasteiger partial charge is 0.339 e. The van der Waals surface area contributed by atoms with Gasteiger partial charge in [0.2, 0.25) is 0 Å². The summed E-state index contributed by atoms with van der Waals surface area (Å²) in [6.45, 7) is 13.5. The van der Waals surface area contributed by atoms with Gasteiger partial charge in [-0.25, -0.2) is 9.59 Å². The predicted molar refractivity (Wildman–Crippen MR) is 108 cm³/mol. The number of rotatable bonds is 8. The molecule has 0 aromatic heterocycles. The van der Waals surface area contributed by atoms with Crippen LogP contribution in [0.25, 0.3) is 0 Å². The number of benzene rings is 1. The molecule has 0 aliphatic carbocycles. The molecule has 26 heavy (non-hydrogen) atoms. The summed E-state index contributed by atoms with van der Waals surface area (Å²) >= 11 is 3.43. The van der Waals surface area contributed by atoms with Gasteiger partial charge in [0, 0.05) is 4.47 Å². The highest BCUT2D eigenvalue weighted by Crippen LogP contribution is 2.27. The van der Waals surface area contributed by atoms with Gasteiger partial charge < -0.3 is 9.47 Å². The van der Waals surface area contributed by atoms with Crippen molar-refractivity contribution >= 4 is 27.9 Å². The molecule has 146 valence electrons. The highest BCUT2D eigenvalue weighted by atomic mass is 79.9. The number of hydrogen-bond acceptors (Lipinski definition) is 4. The topological polar surface area (TPSA) is 52.6 Å². The Morgan fingerprint density at radius 3 is 1.65 bits per heavy atom. The van der Waals surface area contributed by atoms with Crippen LogP contribution in [0.1, 0.15) is 93.5 Å². The number of carbonyl (C=O) groups excluding carboxylic acids is 2. The summed E-state index contributed by atoms with van der Waals surface area (Å²) in [6.07, 6.45) is 3.30. The van der Waals surface area contributed by atoms with E-state index in [0.29, 0.717) is 0 Å². The fraction of sp³-hybridized carbons (Fsp3) is 0.619. The molecular formula is C21H31BrO4. The number of ether oxygens (including phenoxy) is 2. The van der Waals surface area contributed by atoms with Crippen LogP contribution in [0, 0.1) is 6.92 Å². The van der Waals surface area contributed by atoms with E-state index in [0.717, 1.165) is 35.7 Å². The van der Waals surface area contributed by atoms with Gasteiger partial charge in [-0.2, -0.15) is 0 Å². The van der Waals surface area contributed by atoms with Gasteiger partial charge in [0.25, 0.3) is 0 Å². The van der Waals surface area contributed by atoms with E-state index in [-0.39, 0.29) is 11.1 Å². The van der Waals surface area contributed by atoms with Crippen molar-refractivity contribution in [1.82, 2.24) is 0 Å². The average Bonchev–Trinajstić information content (AvgIpc) is 2.48. The molecule has 0 bridgehead atoms. The lowest BCUT2D eigenvalue weighted by atomic mass is 10.0. The first-order valence-electron chi connectivity index (χ1n) is 9.19. The van der Waals surface area contributed by atoms with Crippen molar-refractivity contribution in [3.05, 3.63) is 33.3 Å². The summed E-state index contributed by atoms with van der Waals surface area (Å²) < 4.78 is 12.1. The van der Waals surface area contributed by atoms with E-state index in [9.17, 15) is 9.59 Å².